The molecule has 1 saturated heterocycles. The van der Waals surface area contributed by atoms with Gasteiger partial charge in [-0.25, -0.2) is 0 Å². The van der Waals surface area contributed by atoms with Gasteiger partial charge in [-0.05, 0) is 0 Å². The maximum Gasteiger partial charge on any atom is 0.394 e. The van der Waals surface area contributed by atoms with Crippen LogP contribution in [0.25, 0.3) is 0 Å². The molecule has 0 aromatic carbocycles. The molecule has 0 radical (unpaired) electrons. The first-order valence-electron chi connectivity index (χ1n) is 3.56. The lowest BCUT2D eigenvalue weighted by atomic mass is 10.4. The van der Waals surface area contributed by atoms with E-state index in [0.29, 0.717) is 0 Å². The van der Waals surface area contributed by atoms with Crippen LogP contribution in [-0.4, -0.2) is 55.9 Å². The van der Waals surface area contributed by atoms with Crippen molar-refractivity contribution in [2.45, 2.75) is 0 Å². The Kier molecular flexibility index (Phi) is 11.5. The van der Waals surface area contributed by atoms with Crippen LogP contribution in [0.4, 0.5) is 0 Å². The van der Waals surface area contributed by atoms with Gasteiger partial charge in [0, 0.05) is 33.3 Å². The predicted molar refractivity (Wildman–Crippen MR) is 48.1 cm³/mol. The summed E-state index contributed by atoms with van der Waals surface area (Å²) in [4.78, 5) is 0. The third-order valence-corrected chi connectivity index (χ3v) is 0.957. The van der Waals surface area contributed by atoms with Gasteiger partial charge in [-0.2, -0.15) is 8.42 Å². The van der Waals surface area contributed by atoms with Gasteiger partial charge in [-0.15, -0.1) is 0 Å². The van der Waals surface area contributed by atoms with E-state index in [1.165, 1.54) is 0 Å². The van der Waals surface area contributed by atoms with Crippen molar-refractivity contribution in [1.29, 1.82) is 0 Å². The third kappa shape index (κ3) is 33.8. The molecule has 0 unspecified atom stereocenters. The monoisotopic (exact) mass is 216 g/mol. The van der Waals surface area contributed by atoms with Crippen LogP contribution in [-0.2, 0) is 10.4 Å². The Labute approximate surface area is 77.7 Å². The Morgan fingerprint density at radius 3 is 1.15 bits per heavy atom. The van der Waals surface area contributed by atoms with E-state index < -0.39 is 10.4 Å². The van der Waals surface area contributed by atoms with Gasteiger partial charge in [-0.3, -0.25) is 9.11 Å². The van der Waals surface area contributed by atoms with Gasteiger partial charge < -0.3 is 15.7 Å². The van der Waals surface area contributed by atoms with Gasteiger partial charge in [0.15, 0.2) is 0 Å². The lowest BCUT2D eigenvalue weighted by molar-refractivity contribution is 0.381. The van der Waals surface area contributed by atoms with Crippen molar-refractivity contribution < 1.29 is 22.6 Å². The summed E-state index contributed by atoms with van der Waals surface area (Å²) in [6.07, 6.45) is 0. The molecule has 1 aliphatic heterocycles. The molecule has 1 heterocycles. The van der Waals surface area contributed by atoms with E-state index in [1.54, 1.807) is 0 Å². The molecule has 0 saturated carbocycles. The van der Waals surface area contributed by atoms with Crippen molar-refractivity contribution in [2.24, 2.45) is 0 Å². The smallest absolute Gasteiger partial charge is 0.394 e. The molecule has 1 aliphatic rings. The number of aliphatic hydroxyl groups is 1. The standard InChI is InChI=1S/C4H10N2.CH4O.H2O4S/c1-2-6-4-3-5-1;1-2;1-5(2,3)4/h5-6H,1-4H2;2H,1H3;(H2,1,2,3,4). The summed E-state index contributed by atoms with van der Waals surface area (Å²) in [6, 6.07) is 0. The zero-order chi connectivity index (χ0) is 10.7. The maximum absolute atomic E-state index is 8.74. The van der Waals surface area contributed by atoms with E-state index in [0.717, 1.165) is 33.3 Å². The van der Waals surface area contributed by atoms with Crippen LogP contribution in [0.3, 0.4) is 0 Å². The van der Waals surface area contributed by atoms with Crippen molar-refractivity contribution in [3.63, 3.8) is 0 Å². The molecule has 0 atom stereocenters. The molecule has 1 fully saturated rings. The van der Waals surface area contributed by atoms with Crippen molar-refractivity contribution >= 4 is 10.4 Å². The molecular weight excluding hydrogens is 200 g/mol. The van der Waals surface area contributed by atoms with Gasteiger partial charge in [0.25, 0.3) is 0 Å². The van der Waals surface area contributed by atoms with E-state index >= 15 is 0 Å². The van der Waals surface area contributed by atoms with E-state index in [9.17, 15) is 0 Å². The van der Waals surface area contributed by atoms with Gasteiger partial charge in [0.05, 0.1) is 0 Å². The fourth-order valence-electron chi connectivity index (χ4n) is 0.604. The largest absolute Gasteiger partial charge is 0.400 e. The summed E-state index contributed by atoms with van der Waals surface area (Å²) in [7, 11) is -3.67. The number of piperazine rings is 1. The molecule has 1 rings (SSSR count). The maximum atomic E-state index is 8.74. The van der Waals surface area contributed by atoms with Crippen LogP contribution in [0.1, 0.15) is 0 Å². The summed E-state index contributed by atoms with van der Waals surface area (Å²) in [5, 5.41) is 13.4. The van der Waals surface area contributed by atoms with Crippen molar-refractivity contribution in [2.75, 3.05) is 33.3 Å². The van der Waals surface area contributed by atoms with E-state index in [1.807, 2.05) is 0 Å². The quantitative estimate of drug-likeness (QED) is 0.301. The molecule has 5 N–H and O–H groups in total. The first kappa shape index (κ1) is 15.2. The number of hydrogen-bond acceptors (Lipinski definition) is 5. The first-order chi connectivity index (χ1) is 6.00. The highest BCUT2D eigenvalue weighted by Gasteiger charge is 1.91. The zero-order valence-electron chi connectivity index (χ0n) is 7.39. The summed E-state index contributed by atoms with van der Waals surface area (Å²) in [5.74, 6) is 0. The van der Waals surface area contributed by atoms with Crippen LogP contribution in [0.5, 0.6) is 0 Å². The molecule has 8 heteroatoms. The molecule has 0 amide bonds. The third-order valence-electron chi connectivity index (χ3n) is 0.957. The molecule has 13 heavy (non-hydrogen) atoms. The minimum Gasteiger partial charge on any atom is -0.400 e. The first-order valence-corrected chi connectivity index (χ1v) is 4.96. The van der Waals surface area contributed by atoms with E-state index in [2.05, 4.69) is 10.6 Å². The zero-order valence-corrected chi connectivity index (χ0v) is 8.21. The molecule has 0 spiro atoms. The van der Waals surface area contributed by atoms with Crippen LogP contribution >= 0.6 is 0 Å². The fourth-order valence-corrected chi connectivity index (χ4v) is 0.604. The van der Waals surface area contributed by atoms with Crippen molar-refractivity contribution in [1.82, 2.24) is 10.6 Å². The highest BCUT2D eigenvalue weighted by atomic mass is 32.3. The van der Waals surface area contributed by atoms with Gasteiger partial charge in [0.1, 0.15) is 0 Å². The molecule has 7 nitrogen and oxygen atoms in total. The minimum absolute atomic E-state index is 1.00. The lowest BCUT2D eigenvalue weighted by Gasteiger charge is -2.11. The normalized spacial score (nSPS) is 16.0. The van der Waals surface area contributed by atoms with E-state index in [4.69, 9.17) is 22.6 Å². The van der Waals surface area contributed by atoms with Crippen molar-refractivity contribution in [3.8, 4) is 0 Å². The average molecular weight is 216 g/mol. The number of aliphatic hydroxyl groups excluding tert-OH is 1. The van der Waals surface area contributed by atoms with Crippen LogP contribution in [0, 0.1) is 0 Å². The molecule has 0 aliphatic carbocycles. The minimum atomic E-state index is -4.67. The summed E-state index contributed by atoms with van der Waals surface area (Å²) >= 11 is 0. The average Bonchev–Trinajstić information content (AvgIpc) is 2.08. The summed E-state index contributed by atoms with van der Waals surface area (Å²) < 4.78 is 31.6. The second-order valence-electron chi connectivity index (χ2n) is 1.95. The van der Waals surface area contributed by atoms with Crippen LogP contribution < -0.4 is 10.6 Å². The Morgan fingerprint density at radius 1 is 0.923 bits per heavy atom. The predicted octanol–water partition coefficient (Wildman–Crippen LogP) is -1.87. The van der Waals surface area contributed by atoms with E-state index in [-0.39, 0.29) is 0 Å². The van der Waals surface area contributed by atoms with Crippen LogP contribution in [0.2, 0.25) is 0 Å². The Balaban J connectivity index is 0. The van der Waals surface area contributed by atoms with Gasteiger partial charge in [0.2, 0.25) is 0 Å². The molecule has 0 aromatic heterocycles. The van der Waals surface area contributed by atoms with Crippen LogP contribution in [0.15, 0.2) is 0 Å². The van der Waals surface area contributed by atoms with Gasteiger partial charge in [-0.1, -0.05) is 0 Å². The Bertz CT molecular complexity index is 158. The second kappa shape index (κ2) is 9.84. The Hall–Kier alpha value is -0.250. The Morgan fingerprint density at radius 2 is 1.08 bits per heavy atom. The number of rotatable bonds is 0. The summed E-state index contributed by atoms with van der Waals surface area (Å²) in [6.45, 7) is 4.56. The second-order valence-corrected chi connectivity index (χ2v) is 2.84. The molecule has 0 aromatic rings. The lowest BCUT2D eigenvalue weighted by Crippen LogP contribution is -2.39. The highest BCUT2D eigenvalue weighted by molar-refractivity contribution is 7.79. The highest BCUT2D eigenvalue weighted by Crippen LogP contribution is 1.65. The summed E-state index contributed by atoms with van der Waals surface area (Å²) in [5.41, 5.74) is 0. The molecular formula is C5H16N2O5S. The fraction of sp³-hybridized carbons (Fsp3) is 1.00. The number of nitrogens with one attached hydrogen (secondary N) is 2. The topological polar surface area (TPSA) is 119 Å². The van der Waals surface area contributed by atoms with Crippen molar-refractivity contribution in [3.05, 3.63) is 0 Å². The number of hydrogen-bond donors (Lipinski definition) is 5. The van der Waals surface area contributed by atoms with Gasteiger partial charge >= 0.3 is 10.4 Å². The SMILES string of the molecule is C1CNCCN1.CO.O=S(=O)(O)O. The molecule has 82 valence electrons. The molecule has 0 bridgehead atoms.